The molecule has 0 radical (unpaired) electrons. The van der Waals surface area contributed by atoms with Crippen LogP contribution in [0.2, 0.25) is 0 Å². The molecule has 2 saturated carbocycles. The zero-order valence-electron chi connectivity index (χ0n) is 21.6. The van der Waals surface area contributed by atoms with Gasteiger partial charge in [-0.3, -0.25) is 14.4 Å². The van der Waals surface area contributed by atoms with Crippen molar-refractivity contribution in [1.29, 1.82) is 0 Å². The average molecular weight is 518 g/mol. The summed E-state index contributed by atoms with van der Waals surface area (Å²) in [6, 6.07) is 15.9. The normalized spacial score (nSPS) is 24.5. The number of benzene rings is 2. The minimum Gasteiger partial charge on any atom is -0.481 e. The fourth-order valence-electron chi connectivity index (χ4n) is 6.72. The highest BCUT2D eigenvalue weighted by atomic mass is 16.5. The Morgan fingerprint density at radius 1 is 0.947 bits per heavy atom. The SMILES string of the molecule is O=C(O)CCC(=O)N(C1CC1)C1c2ccccc2N(C(=O)c2cccc(N3CCOCC3)c2)C2CCCC21. The van der Waals surface area contributed by atoms with E-state index in [9.17, 15) is 19.5 Å². The van der Waals surface area contributed by atoms with E-state index in [0.29, 0.717) is 18.8 Å². The Morgan fingerprint density at radius 3 is 2.50 bits per heavy atom. The predicted octanol–water partition coefficient (Wildman–Crippen LogP) is 4.25. The molecule has 2 heterocycles. The number of para-hydroxylation sites is 1. The van der Waals surface area contributed by atoms with Gasteiger partial charge in [0.25, 0.3) is 5.91 Å². The molecule has 2 amide bonds. The monoisotopic (exact) mass is 517 g/mol. The third-order valence-electron chi connectivity index (χ3n) is 8.55. The van der Waals surface area contributed by atoms with Crippen LogP contribution in [0, 0.1) is 5.92 Å². The lowest BCUT2D eigenvalue weighted by Crippen LogP contribution is -2.53. The summed E-state index contributed by atoms with van der Waals surface area (Å²) in [7, 11) is 0. The number of hydrogen-bond acceptors (Lipinski definition) is 5. The number of aliphatic carboxylic acids is 1. The number of morpholine rings is 1. The van der Waals surface area contributed by atoms with Crippen LogP contribution in [0.4, 0.5) is 11.4 Å². The molecule has 0 bridgehead atoms. The fraction of sp³-hybridized carbons (Fsp3) is 0.500. The van der Waals surface area contributed by atoms with E-state index in [-0.39, 0.29) is 48.7 Å². The van der Waals surface area contributed by atoms with Crippen LogP contribution in [-0.4, -0.2) is 66.2 Å². The molecule has 4 aliphatic rings. The highest BCUT2D eigenvalue weighted by Gasteiger charge is 2.51. The van der Waals surface area contributed by atoms with E-state index < -0.39 is 5.97 Å². The zero-order chi connectivity index (χ0) is 26.2. The number of carbonyl (C=O) groups is 3. The molecule has 38 heavy (non-hydrogen) atoms. The largest absolute Gasteiger partial charge is 0.481 e. The molecule has 8 nitrogen and oxygen atoms in total. The first kappa shape index (κ1) is 24.9. The molecule has 200 valence electrons. The average Bonchev–Trinajstić information content (AvgIpc) is 3.67. The first-order chi connectivity index (χ1) is 18.5. The van der Waals surface area contributed by atoms with Gasteiger partial charge < -0.3 is 24.5 Å². The second-order valence-electron chi connectivity index (χ2n) is 10.9. The fourth-order valence-corrected chi connectivity index (χ4v) is 6.72. The van der Waals surface area contributed by atoms with Crippen LogP contribution < -0.4 is 9.80 Å². The van der Waals surface area contributed by atoms with Crippen molar-refractivity contribution in [2.75, 3.05) is 36.1 Å². The highest BCUT2D eigenvalue weighted by Crippen LogP contribution is 2.53. The van der Waals surface area contributed by atoms with Crippen molar-refractivity contribution in [1.82, 2.24) is 4.90 Å². The maximum Gasteiger partial charge on any atom is 0.303 e. The van der Waals surface area contributed by atoms with Gasteiger partial charge in [0.05, 0.1) is 25.7 Å². The third kappa shape index (κ3) is 4.66. The van der Waals surface area contributed by atoms with Gasteiger partial charge >= 0.3 is 5.97 Å². The first-order valence-electron chi connectivity index (χ1n) is 13.9. The molecule has 1 N–H and O–H groups in total. The van der Waals surface area contributed by atoms with Gasteiger partial charge in [0.2, 0.25) is 5.91 Å². The van der Waals surface area contributed by atoms with E-state index >= 15 is 0 Å². The Kier molecular flexibility index (Phi) is 6.82. The maximum atomic E-state index is 14.2. The molecule has 3 fully saturated rings. The predicted molar refractivity (Wildman–Crippen MR) is 143 cm³/mol. The van der Waals surface area contributed by atoms with Crippen LogP contribution in [0.15, 0.2) is 48.5 Å². The number of ether oxygens (including phenoxy) is 1. The molecule has 0 spiro atoms. The van der Waals surface area contributed by atoms with Gasteiger partial charge in [-0.25, -0.2) is 0 Å². The standard InChI is InChI=1S/C30H35N3O5/c34-27(13-14-28(35)36)32(21-11-12-21)29-23-7-1-2-9-25(23)33(26-10-4-8-24(26)29)30(37)20-5-3-6-22(19-20)31-15-17-38-18-16-31/h1-3,5-7,9,19,21,24,26,29H,4,8,10-18H2,(H,35,36). The van der Waals surface area contributed by atoms with Crippen molar-refractivity contribution in [3.05, 3.63) is 59.7 Å². The minimum absolute atomic E-state index is 0.00177. The summed E-state index contributed by atoms with van der Waals surface area (Å²) in [5, 5.41) is 9.20. The summed E-state index contributed by atoms with van der Waals surface area (Å²) in [5.41, 5.74) is 3.58. The van der Waals surface area contributed by atoms with Gasteiger partial charge in [-0.2, -0.15) is 0 Å². The van der Waals surface area contributed by atoms with Crippen LogP contribution in [0.25, 0.3) is 0 Å². The van der Waals surface area contributed by atoms with Crippen molar-refractivity contribution < 1.29 is 24.2 Å². The van der Waals surface area contributed by atoms with E-state index in [1.807, 2.05) is 46.2 Å². The van der Waals surface area contributed by atoms with E-state index in [1.165, 1.54) is 0 Å². The van der Waals surface area contributed by atoms with Crippen molar-refractivity contribution in [2.45, 2.75) is 63.1 Å². The molecule has 3 unspecified atom stereocenters. The number of carbonyl (C=O) groups excluding carboxylic acids is 2. The maximum absolute atomic E-state index is 14.2. The second-order valence-corrected chi connectivity index (χ2v) is 10.9. The number of fused-ring (bicyclic) bond motifs is 2. The van der Waals surface area contributed by atoms with Gasteiger partial charge in [-0.05, 0) is 55.5 Å². The number of carboxylic acid groups (broad SMARTS) is 1. The summed E-state index contributed by atoms with van der Waals surface area (Å²) in [4.78, 5) is 45.1. The molecule has 1 saturated heterocycles. The highest BCUT2D eigenvalue weighted by molar-refractivity contribution is 6.08. The number of rotatable bonds is 7. The number of carboxylic acids is 1. The van der Waals surface area contributed by atoms with Gasteiger partial charge in [-0.1, -0.05) is 30.7 Å². The lowest BCUT2D eigenvalue weighted by Gasteiger charge is -2.48. The van der Waals surface area contributed by atoms with Crippen LogP contribution >= 0.6 is 0 Å². The minimum atomic E-state index is -0.951. The van der Waals surface area contributed by atoms with E-state index in [2.05, 4.69) is 17.0 Å². The van der Waals surface area contributed by atoms with Crippen molar-refractivity contribution >= 4 is 29.2 Å². The molecule has 3 atom stereocenters. The van der Waals surface area contributed by atoms with Gasteiger partial charge in [0.1, 0.15) is 0 Å². The summed E-state index contributed by atoms with van der Waals surface area (Å²) in [5.74, 6) is -0.907. The molecule has 6 rings (SSSR count). The molecule has 0 aromatic heterocycles. The van der Waals surface area contributed by atoms with E-state index in [1.54, 1.807) is 0 Å². The Labute approximate surface area is 223 Å². The summed E-state index contributed by atoms with van der Waals surface area (Å²) >= 11 is 0. The van der Waals surface area contributed by atoms with Crippen molar-refractivity contribution in [3.8, 4) is 0 Å². The van der Waals surface area contributed by atoms with Crippen molar-refractivity contribution in [2.24, 2.45) is 5.92 Å². The number of hydrogen-bond donors (Lipinski definition) is 1. The van der Waals surface area contributed by atoms with Gasteiger partial charge in [-0.15, -0.1) is 0 Å². The molecule has 2 aromatic carbocycles. The van der Waals surface area contributed by atoms with Crippen LogP contribution in [0.1, 0.15) is 66.9 Å². The van der Waals surface area contributed by atoms with E-state index in [4.69, 9.17) is 4.74 Å². The quantitative estimate of drug-likeness (QED) is 0.591. The van der Waals surface area contributed by atoms with Crippen molar-refractivity contribution in [3.63, 3.8) is 0 Å². The summed E-state index contributed by atoms with van der Waals surface area (Å²) in [6.45, 7) is 2.99. The Bertz CT molecular complexity index is 1220. The van der Waals surface area contributed by atoms with Crippen LogP contribution in [-0.2, 0) is 14.3 Å². The molecular formula is C30H35N3O5. The summed E-state index contributed by atoms with van der Waals surface area (Å²) < 4.78 is 5.50. The Hall–Kier alpha value is -3.39. The van der Waals surface area contributed by atoms with Crippen LogP contribution in [0.5, 0.6) is 0 Å². The topological polar surface area (TPSA) is 90.4 Å². The molecule has 2 aliphatic heterocycles. The molecule has 2 aromatic rings. The molecular weight excluding hydrogens is 482 g/mol. The van der Waals surface area contributed by atoms with Crippen LogP contribution in [0.3, 0.4) is 0 Å². The number of amides is 2. The summed E-state index contributed by atoms with van der Waals surface area (Å²) in [6.07, 6.45) is 4.59. The molecule has 2 aliphatic carbocycles. The second kappa shape index (κ2) is 10.4. The smallest absolute Gasteiger partial charge is 0.303 e. The molecule has 8 heteroatoms. The van der Waals surface area contributed by atoms with E-state index in [0.717, 1.165) is 62.1 Å². The lowest BCUT2D eigenvalue weighted by atomic mass is 9.81. The third-order valence-corrected chi connectivity index (χ3v) is 8.55. The zero-order valence-corrected chi connectivity index (χ0v) is 21.6. The van der Waals surface area contributed by atoms with Gasteiger partial charge in [0.15, 0.2) is 0 Å². The Balaban J connectivity index is 1.36. The first-order valence-corrected chi connectivity index (χ1v) is 13.9. The number of nitrogens with zero attached hydrogens (tertiary/aromatic N) is 3. The Morgan fingerprint density at radius 2 is 1.74 bits per heavy atom. The number of anilines is 2. The van der Waals surface area contributed by atoms with Gasteiger partial charge in [0, 0.05) is 54.5 Å². The lowest BCUT2D eigenvalue weighted by molar-refractivity contribution is -0.142.